The lowest BCUT2D eigenvalue weighted by atomic mass is 10.2. The molecule has 2 heteroatoms. The Morgan fingerprint density at radius 2 is 1.33 bits per heavy atom. The minimum absolute atomic E-state index is 0.533. The third-order valence-corrected chi connectivity index (χ3v) is 2.39. The van der Waals surface area contributed by atoms with Crippen molar-refractivity contribution in [1.29, 1.82) is 0 Å². The molecule has 0 aliphatic rings. The Bertz CT molecular complexity index is 460. The fourth-order valence-corrected chi connectivity index (χ4v) is 1.49. The lowest BCUT2D eigenvalue weighted by Crippen LogP contribution is -2.04. The third-order valence-electron chi connectivity index (χ3n) is 2.39. The molecule has 0 saturated heterocycles. The van der Waals surface area contributed by atoms with Crippen LogP contribution in [-0.2, 0) is 0 Å². The van der Waals surface area contributed by atoms with Crippen LogP contribution in [0.1, 0.15) is 13.8 Å². The van der Waals surface area contributed by atoms with Gasteiger partial charge >= 0.3 is 0 Å². The molecule has 0 heterocycles. The van der Waals surface area contributed by atoms with E-state index in [9.17, 15) is 0 Å². The number of hydrogen-bond donors (Lipinski definition) is 0. The van der Waals surface area contributed by atoms with Gasteiger partial charge in [0, 0.05) is 0 Å². The van der Waals surface area contributed by atoms with E-state index in [0.29, 0.717) is 5.92 Å². The van der Waals surface area contributed by atoms with E-state index < -0.39 is 0 Å². The zero-order valence-electron chi connectivity index (χ0n) is 10.8. The number of ether oxygens (including phenoxy) is 2. The quantitative estimate of drug-likeness (QED) is 0.767. The first kappa shape index (κ1) is 12.5. The molecule has 18 heavy (non-hydrogen) atoms. The second-order valence-electron chi connectivity index (χ2n) is 4.59. The second kappa shape index (κ2) is 6.10. The van der Waals surface area contributed by atoms with Gasteiger partial charge in [-0.3, -0.25) is 0 Å². The lowest BCUT2D eigenvalue weighted by molar-refractivity contribution is 0.271. The Kier molecular flexibility index (Phi) is 4.24. The minimum atomic E-state index is 0.533. The largest absolute Gasteiger partial charge is 0.493 e. The molecule has 0 aliphatic heterocycles. The van der Waals surface area contributed by atoms with Gasteiger partial charge in [-0.1, -0.05) is 32.0 Å². The molecular weight excluding hydrogens is 224 g/mol. The van der Waals surface area contributed by atoms with E-state index in [1.807, 2.05) is 54.6 Å². The highest BCUT2D eigenvalue weighted by molar-refractivity contribution is 5.35. The van der Waals surface area contributed by atoms with Crippen molar-refractivity contribution in [2.24, 2.45) is 5.92 Å². The van der Waals surface area contributed by atoms with E-state index in [2.05, 4.69) is 13.8 Å². The Morgan fingerprint density at radius 3 is 1.94 bits per heavy atom. The normalized spacial score (nSPS) is 10.4. The molecule has 0 unspecified atom stereocenters. The van der Waals surface area contributed by atoms with E-state index in [4.69, 9.17) is 9.47 Å². The van der Waals surface area contributed by atoms with Gasteiger partial charge in [0.25, 0.3) is 0 Å². The van der Waals surface area contributed by atoms with Crippen molar-refractivity contribution >= 4 is 0 Å². The van der Waals surface area contributed by atoms with Crippen LogP contribution in [0.3, 0.4) is 0 Å². The highest BCUT2D eigenvalue weighted by Gasteiger charge is 1.99. The maximum absolute atomic E-state index is 5.70. The van der Waals surface area contributed by atoms with Crippen LogP contribution in [0.4, 0.5) is 0 Å². The van der Waals surface area contributed by atoms with Gasteiger partial charge in [-0.15, -0.1) is 0 Å². The maximum atomic E-state index is 5.70. The Balaban J connectivity index is 1.95. The summed E-state index contributed by atoms with van der Waals surface area (Å²) in [6, 6.07) is 17.4. The van der Waals surface area contributed by atoms with Gasteiger partial charge in [0.2, 0.25) is 0 Å². The molecule has 0 amide bonds. The summed E-state index contributed by atoms with van der Waals surface area (Å²) in [5, 5.41) is 0. The van der Waals surface area contributed by atoms with Crippen LogP contribution in [0.5, 0.6) is 17.2 Å². The Hall–Kier alpha value is -1.96. The van der Waals surface area contributed by atoms with Crippen molar-refractivity contribution in [3.63, 3.8) is 0 Å². The summed E-state index contributed by atoms with van der Waals surface area (Å²) in [6.45, 7) is 5.00. The number of hydrogen-bond acceptors (Lipinski definition) is 2. The van der Waals surface area contributed by atoms with Crippen LogP contribution in [0.25, 0.3) is 0 Å². The minimum Gasteiger partial charge on any atom is -0.493 e. The van der Waals surface area contributed by atoms with Crippen molar-refractivity contribution in [2.45, 2.75) is 13.8 Å². The summed E-state index contributed by atoms with van der Waals surface area (Å²) in [7, 11) is 0. The topological polar surface area (TPSA) is 18.5 Å². The molecule has 2 nitrogen and oxygen atoms in total. The van der Waals surface area contributed by atoms with E-state index in [1.165, 1.54) is 0 Å². The van der Waals surface area contributed by atoms with Crippen LogP contribution in [0.2, 0.25) is 0 Å². The van der Waals surface area contributed by atoms with Crippen LogP contribution in [-0.4, -0.2) is 6.61 Å². The van der Waals surface area contributed by atoms with Crippen molar-refractivity contribution in [1.82, 2.24) is 0 Å². The molecule has 0 radical (unpaired) electrons. The molecule has 0 N–H and O–H groups in total. The fraction of sp³-hybridized carbons (Fsp3) is 0.250. The predicted molar refractivity (Wildman–Crippen MR) is 73.3 cm³/mol. The van der Waals surface area contributed by atoms with Gasteiger partial charge in [-0.05, 0) is 42.3 Å². The zero-order valence-corrected chi connectivity index (χ0v) is 10.8. The summed E-state index contributed by atoms with van der Waals surface area (Å²) in [5.74, 6) is 3.07. The summed E-state index contributed by atoms with van der Waals surface area (Å²) < 4.78 is 11.3. The van der Waals surface area contributed by atoms with Crippen LogP contribution in [0, 0.1) is 5.92 Å². The van der Waals surface area contributed by atoms with Gasteiger partial charge in [-0.25, -0.2) is 0 Å². The molecular formula is C16H18O2. The summed E-state index contributed by atoms with van der Waals surface area (Å²) in [5.41, 5.74) is 0. The fourth-order valence-electron chi connectivity index (χ4n) is 1.49. The molecule has 94 valence electrons. The molecule has 0 fully saturated rings. The lowest BCUT2D eigenvalue weighted by Gasteiger charge is -2.09. The van der Waals surface area contributed by atoms with E-state index in [-0.39, 0.29) is 0 Å². The first-order chi connectivity index (χ1) is 8.74. The average molecular weight is 242 g/mol. The number of rotatable bonds is 5. The van der Waals surface area contributed by atoms with Crippen LogP contribution >= 0.6 is 0 Å². The smallest absolute Gasteiger partial charge is 0.127 e. The van der Waals surface area contributed by atoms with Gasteiger partial charge in [0.1, 0.15) is 17.2 Å². The molecule has 0 aromatic heterocycles. The summed E-state index contributed by atoms with van der Waals surface area (Å²) >= 11 is 0. The van der Waals surface area contributed by atoms with E-state index in [0.717, 1.165) is 23.9 Å². The Morgan fingerprint density at radius 1 is 0.778 bits per heavy atom. The SMILES string of the molecule is CC(C)COc1ccc(Oc2ccccc2)cc1. The van der Waals surface area contributed by atoms with Crippen LogP contribution < -0.4 is 9.47 Å². The maximum Gasteiger partial charge on any atom is 0.127 e. The number of benzene rings is 2. The monoisotopic (exact) mass is 242 g/mol. The number of para-hydroxylation sites is 1. The molecule has 0 spiro atoms. The van der Waals surface area contributed by atoms with Gasteiger partial charge < -0.3 is 9.47 Å². The van der Waals surface area contributed by atoms with Crippen molar-refractivity contribution in [3.8, 4) is 17.2 Å². The predicted octanol–water partition coefficient (Wildman–Crippen LogP) is 4.51. The van der Waals surface area contributed by atoms with Crippen molar-refractivity contribution < 1.29 is 9.47 Å². The standard InChI is InChI=1S/C16H18O2/c1-13(2)12-17-14-8-10-16(11-9-14)18-15-6-4-3-5-7-15/h3-11,13H,12H2,1-2H3. The Labute approximate surface area is 108 Å². The van der Waals surface area contributed by atoms with E-state index >= 15 is 0 Å². The second-order valence-corrected chi connectivity index (χ2v) is 4.59. The highest BCUT2D eigenvalue weighted by Crippen LogP contribution is 2.23. The summed E-state index contributed by atoms with van der Waals surface area (Å²) in [4.78, 5) is 0. The molecule has 0 bridgehead atoms. The highest BCUT2D eigenvalue weighted by atomic mass is 16.5. The average Bonchev–Trinajstić information content (AvgIpc) is 2.39. The molecule has 0 aliphatic carbocycles. The molecule has 0 saturated carbocycles. The zero-order chi connectivity index (χ0) is 12.8. The summed E-state index contributed by atoms with van der Waals surface area (Å²) in [6.07, 6.45) is 0. The van der Waals surface area contributed by atoms with E-state index in [1.54, 1.807) is 0 Å². The first-order valence-electron chi connectivity index (χ1n) is 6.20. The molecule has 2 aromatic rings. The first-order valence-corrected chi connectivity index (χ1v) is 6.20. The van der Waals surface area contributed by atoms with Gasteiger partial charge in [-0.2, -0.15) is 0 Å². The molecule has 2 aromatic carbocycles. The van der Waals surface area contributed by atoms with Gasteiger partial charge in [0.15, 0.2) is 0 Å². The third kappa shape index (κ3) is 3.81. The van der Waals surface area contributed by atoms with Crippen molar-refractivity contribution in [3.05, 3.63) is 54.6 Å². The van der Waals surface area contributed by atoms with Crippen molar-refractivity contribution in [2.75, 3.05) is 6.61 Å². The van der Waals surface area contributed by atoms with Crippen LogP contribution in [0.15, 0.2) is 54.6 Å². The molecule has 2 rings (SSSR count). The van der Waals surface area contributed by atoms with Gasteiger partial charge in [0.05, 0.1) is 6.61 Å². The molecule has 0 atom stereocenters.